The molecule has 0 aromatic heterocycles. The summed E-state index contributed by atoms with van der Waals surface area (Å²) in [5.41, 5.74) is 1.07. The molecule has 0 spiro atoms. The maximum absolute atomic E-state index is 13.6. The summed E-state index contributed by atoms with van der Waals surface area (Å²) in [6, 6.07) is 5.78. The van der Waals surface area contributed by atoms with Gasteiger partial charge < -0.3 is 9.64 Å². The fraction of sp³-hybridized carbons (Fsp3) is 0.700. The molecule has 2 nitrogen and oxygen atoms in total. The molecule has 3 fully saturated rings. The maximum atomic E-state index is 13.6. The van der Waals surface area contributed by atoms with Crippen LogP contribution in [0, 0.1) is 17.7 Å². The first-order valence-corrected chi connectivity index (χ1v) is 9.32. The van der Waals surface area contributed by atoms with Crippen LogP contribution in [0.2, 0.25) is 0 Å². The number of ether oxygens (including phenoxy) is 1. The fourth-order valence-electron chi connectivity index (χ4n) is 5.41. The van der Waals surface area contributed by atoms with Gasteiger partial charge in [-0.1, -0.05) is 6.42 Å². The molecule has 1 aromatic carbocycles. The molecule has 1 aromatic rings. The zero-order valence-corrected chi connectivity index (χ0v) is 14.1. The quantitative estimate of drug-likeness (QED) is 0.808. The van der Waals surface area contributed by atoms with Gasteiger partial charge in [0.1, 0.15) is 11.6 Å². The van der Waals surface area contributed by atoms with E-state index in [9.17, 15) is 4.39 Å². The van der Waals surface area contributed by atoms with E-state index < -0.39 is 0 Å². The van der Waals surface area contributed by atoms with Crippen molar-refractivity contribution in [3.63, 3.8) is 0 Å². The summed E-state index contributed by atoms with van der Waals surface area (Å²) in [5, 5.41) is 0. The van der Waals surface area contributed by atoms with Crippen molar-refractivity contribution in [1.29, 1.82) is 0 Å². The van der Waals surface area contributed by atoms with Gasteiger partial charge in [-0.15, -0.1) is 0 Å². The number of hydrogen-bond acceptors (Lipinski definition) is 2. The lowest BCUT2D eigenvalue weighted by molar-refractivity contribution is 0.0837. The van der Waals surface area contributed by atoms with Gasteiger partial charge in [-0.2, -0.15) is 0 Å². The number of nitrogens with zero attached hydrogens (tertiary/aromatic N) is 1. The Balaban J connectivity index is 1.42. The van der Waals surface area contributed by atoms with Crippen LogP contribution in [0.4, 0.5) is 4.39 Å². The predicted octanol–water partition coefficient (Wildman–Crippen LogP) is 4.59. The lowest BCUT2D eigenvalue weighted by Crippen LogP contribution is -2.45. The van der Waals surface area contributed by atoms with Gasteiger partial charge in [0.15, 0.2) is 0 Å². The first-order chi connectivity index (χ1) is 11.2. The number of benzene rings is 1. The van der Waals surface area contributed by atoms with Crippen molar-refractivity contribution in [2.75, 3.05) is 20.2 Å². The van der Waals surface area contributed by atoms with Crippen LogP contribution >= 0.6 is 0 Å². The maximum Gasteiger partial charge on any atom is 0.123 e. The third-order valence-electron chi connectivity index (χ3n) is 6.63. The van der Waals surface area contributed by atoms with Gasteiger partial charge in [-0.25, -0.2) is 4.39 Å². The molecule has 0 radical (unpaired) electrons. The van der Waals surface area contributed by atoms with Crippen LogP contribution in [-0.2, 0) is 0 Å². The molecule has 1 aliphatic heterocycles. The molecule has 0 amide bonds. The monoisotopic (exact) mass is 317 g/mol. The summed E-state index contributed by atoms with van der Waals surface area (Å²) in [6.07, 6.45) is 9.51. The number of fused-ring (bicyclic) bond motifs is 2. The van der Waals surface area contributed by atoms with Crippen molar-refractivity contribution in [1.82, 2.24) is 4.90 Å². The molecule has 1 heterocycles. The Hall–Kier alpha value is -1.09. The van der Waals surface area contributed by atoms with E-state index in [4.69, 9.17) is 4.74 Å². The molecule has 1 unspecified atom stereocenters. The number of likely N-dealkylation sites (tertiary alicyclic amines) is 1. The van der Waals surface area contributed by atoms with Crippen LogP contribution in [0.3, 0.4) is 0 Å². The van der Waals surface area contributed by atoms with E-state index in [-0.39, 0.29) is 5.82 Å². The third-order valence-corrected chi connectivity index (χ3v) is 6.63. The highest BCUT2D eigenvalue weighted by Gasteiger charge is 2.39. The largest absolute Gasteiger partial charge is 0.496 e. The molecule has 3 heteroatoms. The van der Waals surface area contributed by atoms with Crippen LogP contribution in [0.25, 0.3) is 0 Å². The zero-order chi connectivity index (χ0) is 15.8. The van der Waals surface area contributed by atoms with Crippen molar-refractivity contribution >= 4 is 0 Å². The van der Waals surface area contributed by atoms with E-state index in [0.717, 1.165) is 55.1 Å². The van der Waals surface area contributed by atoms with Gasteiger partial charge in [0, 0.05) is 11.6 Å². The Morgan fingerprint density at radius 2 is 1.83 bits per heavy atom. The minimum absolute atomic E-state index is 0.146. The summed E-state index contributed by atoms with van der Waals surface area (Å²) in [7, 11) is 1.68. The lowest BCUT2D eigenvalue weighted by Gasteiger charge is -2.42. The van der Waals surface area contributed by atoms with Crippen molar-refractivity contribution in [2.24, 2.45) is 11.8 Å². The molecule has 0 N–H and O–H groups in total. The summed E-state index contributed by atoms with van der Waals surface area (Å²) in [5.74, 6) is 3.13. The normalized spacial score (nSPS) is 32.2. The van der Waals surface area contributed by atoms with E-state index in [1.54, 1.807) is 19.2 Å². The average molecular weight is 317 g/mol. The average Bonchev–Trinajstić information content (AvgIpc) is 2.96. The van der Waals surface area contributed by atoms with Crippen molar-refractivity contribution in [3.8, 4) is 5.75 Å². The second-order valence-electron chi connectivity index (χ2n) is 7.78. The van der Waals surface area contributed by atoms with Gasteiger partial charge in [0.05, 0.1) is 7.11 Å². The van der Waals surface area contributed by atoms with E-state index in [1.807, 2.05) is 0 Å². The Bertz CT molecular complexity index is 553. The summed E-state index contributed by atoms with van der Waals surface area (Å²) >= 11 is 0. The van der Waals surface area contributed by atoms with Crippen molar-refractivity contribution in [2.45, 2.75) is 56.9 Å². The van der Waals surface area contributed by atoms with E-state index in [1.165, 1.54) is 38.2 Å². The molecule has 3 aliphatic rings. The first kappa shape index (κ1) is 15.4. The number of hydrogen-bond donors (Lipinski definition) is 0. The minimum atomic E-state index is -0.146. The Labute approximate surface area is 139 Å². The molecular weight excluding hydrogens is 289 g/mol. The number of halogens is 1. The zero-order valence-electron chi connectivity index (χ0n) is 14.1. The third kappa shape index (κ3) is 3.00. The molecular formula is C20H28FNO. The Morgan fingerprint density at radius 1 is 1.04 bits per heavy atom. The summed E-state index contributed by atoms with van der Waals surface area (Å²) in [4.78, 5) is 2.74. The van der Waals surface area contributed by atoms with Gasteiger partial charge in [-0.3, -0.25) is 0 Å². The van der Waals surface area contributed by atoms with E-state index >= 15 is 0 Å². The highest BCUT2D eigenvalue weighted by Crippen LogP contribution is 2.45. The molecule has 126 valence electrons. The van der Waals surface area contributed by atoms with Crippen molar-refractivity contribution < 1.29 is 9.13 Å². The summed E-state index contributed by atoms with van der Waals surface area (Å²) in [6.45, 7) is 2.33. The standard InChI is InChI=1S/C20H28FNO/c1-23-20-7-5-17(21)13-18(20)15-8-10-22(11-9-15)19-6-3-14-2-4-16(19)12-14/h5,7,13-16,19H,2-4,6,8-12H2,1H3/t14-,16+,19?/m1/s1. The molecule has 2 bridgehead atoms. The minimum Gasteiger partial charge on any atom is -0.496 e. The Morgan fingerprint density at radius 3 is 2.61 bits per heavy atom. The lowest BCUT2D eigenvalue weighted by atomic mass is 9.81. The van der Waals surface area contributed by atoms with Crippen molar-refractivity contribution in [3.05, 3.63) is 29.6 Å². The van der Waals surface area contributed by atoms with Crippen LogP contribution < -0.4 is 4.74 Å². The number of rotatable bonds is 3. The second-order valence-corrected chi connectivity index (χ2v) is 7.78. The topological polar surface area (TPSA) is 12.5 Å². The number of methoxy groups -OCH3 is 1. The van der Waals surface area contributed by atoms with Gasteiger partial charge >= 0.3 is 0 Å². The molecule has 4 rings (SSSR count). The van der Waals surface area contributed by atoms with Gasteiger partial charge in [-0.05, 0) is 87.6 Å². The highest BCUT2D eigenvalue weighted by atomic mass is 19.1. The van der Waals surface area contributed by atoms with Crippen LogP contribution in [-0.4, -0.2) is 31.1 Å². The molecule has 23 heavy (non-hydrogen) atoms. The second kappa shape index (κ2) is 6.43. The molecule has 1 saturated heterocycles. The Kier molecular flexibility index (Phi) is 4.31. The summed E-state index contributed by atoms with van der Waals surface area (Å²) < 4.78 is 19.1. The molecule has 3 atom stereocenters. The van der Waals surface area contributed by atoms with Crippen LogP contribution in [0.15, 0.2) is 18.2 Å². The van der Waals surface area contributed by atoms with Gasteiger partial charge in [0.2, 0.25) is 0 Å². The smallest absolute Gasteiger partial charge is 0.123 e. The fourth-order valence-corrected chi connectivity index (χ4v) is 5.41. The van der Waals surface area contributed by atoms with E-state index in [2.05, 4.69) is 4.90 Å². The number of piperidine rings is 1. The highest BCUT2D eigenvalue weighted by molar-refractivity contribution is 5.37. The molecule has 2 aliphatic carbocycles. The van der Waals surface area contributed by atoms with Crippen LogP contribution in [0.5, 0.6) is 5.75 Å². The van der Waals surface area contributed by atoms with E-state index in [0.29, 0.717) is 5.92 Å². The van der Waals surface area contributed by atoms with Crippen LogP contribution in [0.1, 0.15) is 56.4 Å². The molecule has 2 saturated carbocycles. The SMILES string of the molecule is COc1ccc(F)cc1C1CCN(C2CC[C@H]3CC[C@H]2C3)CC1. The predicted molar refractivity (Wildman–Crippen MR) is 90.4 cm³/mol. The van der Waals surface area contributed by atoms with Gasteiger partial charge in [0.25, 0.3) is 0 Å². The first-order valence-electron chi connectivity index (χ1n) is 9.32.